The van der Waals surface area contributed by atoms with Crippen molar-refractivity contribution in [2.75, 3.05) is 13.7 Å². The summed E-state index contributed by atoms with van der Waals surface area (Å²) in [6.07, 6.45) is 2.35. The molecule has 0 aromatic heterocycles. The topological polar surface area (TPSA) is 21.3 Å². The molecule has 0 amide bonds. The summed E-state index contributed by atoms with van der Waals surface area (Å²) in [6, 6.07) is 0. The van der Waals surface area contributed by atoms with E-state index in [4.69, 9.17) is 4.74 Å². The summed E-state index contributed by atoms with van der Waals surface area (Å²) in [5, 5.41) is 3.25. The average Bonchev–Trinajstić information content (AvgIpc) is 2.35. The van der Waals surface area contributed by atoms with Crippen molar-refractivity contribution >= 4 is 0 Å². The van der Waals surface area contributed by atoms with Crippen LogP contribution in [0.2, 0.25) is 0 Å². The fraction of sp³-hybridized carbons (Fsp3) is 1.00. The highest BCUT2D eigenvalue weighted by Crippen LogP contribution is 2.29. The van der Waals surface area contributed by atoms with Crippen LogP contribution in [-0.4, -0.2) is 19.4 Å². The second-order valence-electron chi connectivity index (χ2n) is 3.25. The van der Waals surface area contributed by atoms with Crippen LogP contribution in [0.3, 0.4) is 0 Å². The molecule has 0 bridgehead atoms. The van der Waals surface area contributed by atoms with E-state index in [-0.39, 0.29) is 5.72 Å². The Labute approximate surface area is 63.0 Å². The zero-order valence-electron chi connectivity index (χ0n) is 7.11. The SMILES string of the molecule is CNC1(C(C)C)CCCO1. The van der Waals surface area contributed by atoms with E-state index < -0.39 is 0 Å². The molecule has 1 saturated heterocycles. The van der Waals surface area contributed by atoms with Crippen LogP contribution in [0.15, 0.2) is 0 Å². The van der Waals surface area contributed by atoms with Gasteiger partial charge in [-0.25, -0.2) is 0 Å². The Morgan fingerprint density at radius 1 is 1.50 bits per heavy atom. The first kappa shape index (κ1) is 8.02. The maximum absolute atomic E-state index is 5.64. The number of hydrogen-bond acceptors (Lipinski definition) is 2. The second kappa shape index (κ2) is 2.89. The second-order valence-corrected chi connectivity index (χ2v) is 3.25. The molecule has 1 aliphatic heterocycles. The smallest absolute Gasteiger partial charge is 0.121 e. The monoisotopic (exact) mass is 143 g/mol. The van der Waals surface area contributed by atoms with Gasteiger partial charge in [0.25, 0.3) is 0 Å². The first-order chi connectivity index (χ1) is 4.71. The normalized spacial score (nSPS) is 33.6. The fourth-order valence-electron chi connectivity index (χ4n) is 1.60. The molecule has 0 aromatic rings. The maximum atomic E-state index is 5.64. The highest BCUT2D eigenvalue weighted by atomic mass is 16.5. The van der Waals surface area contributed by atoms with Gasteiger partial charge in [-0.05, 0) is 25.8 Å². The van der Waals surface area contributed by atoms with Crippen LogP contribution in [0.25, 0.3) is 0 Å². The molecule has 0 aromatic carbocycles. The number of hydrogen-bond donors (Lipinski definition) is 1. The molecule has 2 heteroatoms. The van der Waals surface area contributed by atoms with Gasteiger partial charge in [0.05, 0.1) is 0 Å². The third-order valence-corrected chi connectivity index (χ3v) is 2.41. The van der Waals surface area contributed by atoms with Crippen molar-refractivity contribution in [3.63, 3.8) is 0 Å². The third-order valence-electron chi connectivity index (χ3n) is 2.41. The van der Waals surface area contributed by atoms with E-state index >= 15 is 0 Å². The lowest BCUT2D eigenvalue weighted by Gasteiger charge is -2.31. The van der Waals surface area contributed by atoms with Crippen LogP contribution < -0.4 is 5.32 Å². The van der Waals surface area contributed by atoms with Crippen LogP contribution in [-0.2, 0) is 4.74 Å². The van der Waals surface area contributed by atoms with E-state index in [1.807, 2.05) is 7.05 Å². The lowest BCUT2D eigenvalue weighted by molar-refractivity contribution is -0.0548. The first-order valence-electron chi connectivity index (χ1n) is 4.04. The minimum absolute atomic E-state index is 0.0139. The predicted molar refractivity (Wildman–Crippen MR) is 41.8 cm³/mol. The number of nitrogens with one attached hydrogen (secondary N) is 1. The maximum Gasteiger partial charge on any atom is 0.121 e. The van der Waals surface area contributed by atoms with Crippen molar-refractivity contribution in [2.24, 2.45) is 5.92 Å². The van der Waals surface area contributed by atoms with E-state index in [0.29, 0.717) is 5.92 Å². The lowest BCUT2D eigenvalue weighted by atomic mass is 9.97. The molecule has 1 rings (SSSR count). The van der Waals surface area contributed by atoms with Gasteiger partial charge in [0, 0.05) is 6.61 Å². The Hall–Kier alpha value is -0.0800. The summed E-state index contributed by atoms with van der Waals surface area (Å²) in [5.74, 6) is 0.569. The van der Waals surface area contributed by atoms with Crippen molar-refractivity contribution in [3.05, 3.63) is 0 Å². The minimum Gasteiger partial charge on any atom is -0.360 e. The summed E-state index contributed by atoms with van der Waals surface area (Å²) in [7, 11) is 1.98. The molecule has 1 N–H and O–H groups in total. The quantitative estimate of drug-likeness (QED) is 0.630. The standard InChI is InChI=1S/C8H17NO/c1-7(2)8(9-3)5-4-6-10-8/h7,9H,4-6H2,1-3H3. The van der Waals surface area contributed by atoms with E-state index in [1.54, 1.807) is 0 Å². The van der Waals surface area contributed by atoms with Gasteiger partial charge in [-0.15, -0.1) is 0 Å². The van der Waals surface area contributed by atoms with Gasteiger partial charge in [0.2, 0.25) is 0 Å². The lowest BCUT2D eigenvalue weighted by Crippen LogP contribution is -2.46. The molecule has 0 saturated carbocycles. The molecule has 0 spiro atoms. The van der Waals surface area contributed by atoms with Gasteiger partial charge in [-0.3, -0.25) is 5.32 Å². The fourth-order valence-corrected chi connectivity index (χ4v) is 1.60. The first-order valence-corrected chi connectivity index (χ1v) is 4.04. The van der Waals surface area contributed by atoms with E-state index in [2.05, 4.69) is 19.2 Å². The highest BCUT2D eigenvalue weighted by molar-refractivity contribution is 4.83. The van der Waals surface area contributed by atoms with Crippen LogP contribution in [0.5, 0.6) is 0 Å². The molecular weight excluding hydrogens is 126 g/mol. The molecule has 1 heterocycles. The molecular formula is C8H17NO. The molecule has 60 valence electrons. The molecule has 10 heavy (non-hydrogen) atoms. The predicted octanol–water partition coefficient (Wildman–Crippen LogP) is 1.37. The van der Waals surface area contributed by atoms with Gasteiger partial charge in [0.1, 0.15) is 5.72 Å². The summed E-state index contributed by atoms with van der Waals surface area (Å²) < 4.78 is 5.64. The zero-order valence-corrected chi connectivity index (χ0v) is 7.11. The summed E-state index contributed by atoms with van der Waals surface area (Å²) in [6.45, 7) is 5.31. The molecule has 0 aliphatic carbocycles. The third kappa shape index (κ3) is 1.18. The van der Waals surface area contributed by atoms with Crippen LogP contribution in [0.4, 0.5) is 0 Å². The molecule has 1 unspecified atom stereocenters. The zero-order chi connectivity index (χ0) is 7.61. The van der Waals surface area contributed by atoms with Crippen LogP contribution in [0.1, 0.15) is 26.7 Å². The summed E-state index contributed by atoms with van der Waals surface area (Å²) in [4.78, 5) is 0. The largest absolute Gasteiger partial charge is 0.360 e. The number of rotatable bonds is 2. The average molecular weight is 143 g/mol. The van der Waals surface area contributed by atoms with Gasteiger partial charge in [-0.2, -0.15) is 0 Å². The van der Waals surface area contributed by atoms with Crippen molar-refractivity contribution in [1.82, 2.24) is 5.32 Å². The molecule has 2 nitrogen and oxygen atoms in total. The Kier molecular flexibility index (Phi) is 2.32. The molecule has 1 aliphatic rings. The molecule has 1 atom stereocenters. The van der Waals surface area contributed by atoms with Crippen molar-refractivity contribution in [1.29, 1.82) is 0 Å². The Balaban J connectivity index is 2.58. The van der Waals surface area contributed by atoms with Gasteiger partial charge in [0.15, 0.2) is 0 Å². The van der Waals surface area contributed by atoms with Crippen molar-refractivity contribution in [3.8, 4) is 0 Å². The van der Waals surface area contributed by atoms with Crippen LogP contribution >= 0.6 is 0 Å². The van der Waals surface area contributed by atoms with Gasteiger partial charge in [-0.1, -0.05) is 13.8 Å². The van der Waals surface area contributed by atoms with Crippen molar-refractivity contribution in [2.45, 2.75) is 32.4 Å². The van der Waals surface area contributed by atoms with E-state index in [0.717, 1.165) is 13.0 Å². The molecule has 1 fully saturated rings. The van der Waals surface area contributed by atoms with Crippen molar-refractivity contribution < 1.29 is 4.74 Å². The van der Waals surface area contributed by atoms with Gasteiger partial charge < -0.3 is 4.74 Å². The summed E-state index contributed by atoms with van der Waals surface area (Å²) in [5.41, 5.74) is -0.0139. The van der Waals surface area contributed by atoms with Gasteiger partial charge >= 0.3 is 0 Å². The minimum atomic E-state index is -0.0139. The summed E-state index contributed by atoms with van der Waals surface area (Å²) >= 11 is 0. The highest BCUT2D eigenvalue weighted by Gasteiger charge is 2.36. The van der Waals surface area contributed by atoms with E-state index in [9.17, 15) is 0 Å². The Morgan fingerprint density at radius 2 is 2.20 bits per heavy atom. The Morgan fingerprint density at radius 3 is 2.40 bits per heavy atom. The van der Waals surface area contributed by atoms with E-state index in [1.165, 1.54) is 6.42 Å². The Bertz CT molecular complexity index is 106. The number of ether oxygens (including phenoxy) is 1. The molecule has 0 radical (unpaired) electrons. The van der Waals surface area contributed by atoms with Crippen LogP contribution in [0, 0.1) is 5.92 Å².